The second-order valence-corrected chi connectivity index (χ2v) is 8.51. The van der Waals surface area contributed by atoms with Crippen LogP contribution < -0.4 is 11.1 Å². The van der Waals surface area contributed by atoms with Crippen LogP contribution in [0.3, 0.4) is 0 Å². The molecule has 3 N–H and O–H groups in total. The van der Waals surface area contributed by atoms with Gasteiger partial charge in [-0.3, -0.25) is 9.89 Å². The van der Waals surface area contributed by atoms with E-state index in [1.54, 1.807) is 0 Å². The van der Waals surface area contributed by atoms with Crippen LogP contribution in [-0.2, 0) is 12.8 Å². The predicted molar refractivity (Wildman–Crippen MR) is 111 cm³/mol. The standard InChI is InChI=1S/C21H28N4S/c1-25-11-3-7-17(20(25)19-8-4-12-26-19)14-23-21(22)24-18-10-9-15-5-2-6-16(15)13-18/h4,8-10,12-13,17,20H,2-3,5-7,11,14H2,1H3,(H3,22,23,24). The first-order valence-corrected chi connectivity index (χ1v) is 10.5. The van der Waals surface area contributed by atoms with E-state index in [0.29, 0.717) is 17.9 Å². The molecule has 5 heteroatoms. The highest BCUT2D eigenvalue weighted by Crippen LogP contribution is 2.37. The average Bonchev–Trinajstić information content (AvgIpc) is 3.31. The fourth-order valence-electron chi connectivity index (χ4n) is 4.41. The van der Waals surface area contributed by atoms with Gasteiger partial charge >= 0.3 is 0 Å². The molecule has 0 bridgehead atoms. The summed E-state index contributed by atoms with van der Waals surface area (Å²) in [6, 6.07) is 11.4. The molecule has 4 nitrogen and oxygen atoms in total. The molecule has 26 heavy (non-hydrogen) atoms. The number of hydrogen-bond donors (Lipinski definition) is 2. The summed E-state index contributed by atoms with van der Waals surface area (Å²) >= 11 is 1.85. The molecule has 2 aromatic rings. The molecule has 1 aliphatic carbocycles. The number of fused-ring (bicyclic) bond motifs is 1. The quantitative estimate of drug-likeness (QED) is 0.632. The van der Waals surface area contributed by atoms with Crippen molar-refractivity contribution >= 4 is 23.0 Å². The fourth-order valence-corrected chi connectivity index (χ4v) is 5.40. The van der Waals surface area contributed by atoms with Gasteiger partial charge in [0.05, 0.1) is 0 Å². The van der Waals surface area contributed by atoms with Crippen LogP contribution in [0.15, 0.2) is 40.7 Å². The number of benzene rings is 1. The molecule has 138 valence electrons. The number of likely N-dealkylation sites (tertiary alicyclic amines) is 1. The number of aryl methyl sites for hydroxylation is 2. The van der Waals surface area contributed by atoms with Crippen molar-refractivity contribution in [2.45, 2.75) is 38.1 Å². The van der Waals surface area contributed by atoms with Crippen molar-refractivity contribution in [3.05, 3.63) is 51.7 Å². The Morgan fingerprint density at radius 1 is 1.27 bits per heavy atom. The Balaban J connectivity index is 1.42. The van der Waals surface area contributed by atoms with Crippen LogP contribution in [0.5, 0.6) is 0 Å². The highest BCUT2D eigenvalue weighted by molar-refractivity contribution is 7.10. The van der Waals surface area contributed by atoms with Gasteiger partial charge in [0.1, 0.15) is 0 Å². The predicted octanol–water partition coefficient (Wildman–Crippen LogP) is 4.05. The number of rotatable bonds is 4. The smallest absolute Gasteiger partial charge is 0.193 e. The molecule has 1 aromatic heterocycles. The number of piperidine rings is 1. The Morgan fingerprint density at radius 2 is 2.15 bits per heavy atom. The van der Waals surface area contributed by atoms with E-state index in [-0.39, 0.29) is 0 Å². The molecule has 1 aromatic carbocycles. The largest absolute Gasteiger partial charge is 0.370 e. The van der Waals surface area contributed by atoms with Crippen molar-refractivity contribution in [3.63, 3.8) is 0 Å². The maximum Gasteiger partial charge on any atom is 0.193 e. The van der Waals surface area contributed by atoms with Gasteiger partial charge in [-0.1, -0.05) is 12.1 Å². The summed E-state index contributed by atoms with van der Waals surface area (Å²) in [5, 5.41) is 5.46. The fraction of sp³-hybridized carbons (Fsp3) is 0.476. The normalized spacial score (nSPS) is 23.8. The Bertz CT molecular complexity index is 768. The van der Waals surface area contributed by atoms with Gasteiger partial charge in [0.25, 0.3) is 0 Å². The average molecular weight is 369 g/mol. The molecule has 2 heterocycles. The Morgan fingerprint density at radius 3 is 3.00 bits per heavy atom. The van der Waals surface area contributed by atoms with Crippen molar-refractivity contribution < 1.29 is 0 Å². The molecule has 0 saturated carbocycles. The third-order valence-electron chi connectivity index (χ3n) is 5.71. The summed E-state index contributed by atoms with van der Waals surface area (Å²) < 4.78 is 0. The molecule has 2 aliphatic rings. The highest BCUT2D eigenvalue weighted by atomic mass is 32.1. The van der Waals surface area contributed by atoms with Gasteiger partial charge in [0.15, 0.2) is 5.96 Å². The topological polar surface area (TPSA) is 53.6 Å². The summed E-state index contributed by atoms with van der Waals surface area (Å²) in [5.74, 6) is 1.05. The number of thiophene rings is 1. The van der Waals surface area contributed by atoms with Gasteiger partial charge in [0.2, 0.25) is 0 Å². The molecule has 2 unspecified atom stereocenters. The number of aliphatic imine (C=N–C) groups is 1. The molecular formula is C21H28N4S. The van der Waals surface area contributed by atoms with E-state index >= 15 is 0 Å². The van der Waals surface area contributed by atoms with Gasteiger partial charge in [-0.15, -0.1) is 11.3 Å². The van der Waals surface area contributed by atoms with Gasteiger partial charge < -0.3 is 11.1 Å². The molecule has 0 radical (unpaired) electrons. The SMILES string of the molecule is CN1CCCC(CN=C(N)Nc2ccc3c(c2)CCC3)C1c1cccs1. The Labute approximate surface area is 160 Å². The van der Waals surface area contributed by atoms with Crippen molar-refractivity contribution in [1.29, 1.82) is 0 Å². The lowest BCUT2D eigenvalue weighted by atomic mass is 9.88. The Hall–Kier alpha value is -1.85. The molecule has 0 spiro atoms. The van der Waals surface area contributed by atoms with Crippen molar-refractivity contribution in [3.8, 4) is 0 Å². The molecule has 1 aliphatic heterocycles. The van der Waals surface area contributed by atoms with Gasteiger partial charge in [-0.25, -0.2) is 0 Å². The lowest BCUT2D eigenvalue weighted by Gasteiger charge is -2.38. The number of hydrogen-bond acceptors (Lipinski definition) is 3. The van der Waals surface area contributed by atoms with Crippen molar-refractivity contribution in [2.24, 2.45) is 16.6 Å². The second-order valence-electron chi connectivity index (χ2n) is 7.53. The maximum absolute atomic E-state index is 6.19. The summed E-state index contributed by atoms with van der Waals surface area (Å²) in [7, 11) is 2.23. The number of anilines is 1. The van der Waals surface area contributed by atoms with Crippen LogP contribution in [0.4, 0.5) is 5.69 Å². The van der Waals surface area contributed by atoms with E-state index in [1.807, 2.05) is 11.3 Å². The van der Waals surface area contributed by atoms with Crippen LogP contribution in [0.1, 0.15) is 41.3 Å². The zero-order chi connectivity index (χ0) is 17.9. The van der Waals surface area contributed by atoms with Gasteiger partial charge in [0, 0.05) is 23.2 Å². The van der Waals surface area contributed by atoms with E-state index in [9.17, 15) is 0 Å². The lowest BCUT2D eigenvalue weighted by molar-refractivity contribution is 0.128. The molecular weight excluding hydrogens is 340 g/mol. The van der Waals surface area contributed by atoms with Gasteiger partial charge in [-0.05, 0) is 86.3 Å². The number of nitrogens with two attached hydrogens (primary N) is 1. The minimum absolute atomic E-state index is 0.459. The number of nitrogens with zero attached hydrogens (tertiary/aromatic N) is 2. The second kappa shape index (κ2) is 7.80. The summed E-state index contributed by atoms with van der Waals surface area (Å²) in [6.07, 6.45) is 6.10. The first-order chi connectivity index (χ1) is 12.7. The van der Waals surface area contributed by atoms with Crippen LogP contribution in [0, 0.1) is 5.92 Å². The van der Waals surface area contributed by atoms with Crippen molar-refractivity contribution in [1.82, 2.24) is 4.90 Å². The minimum Gasteiger partial charge on any atom is -0.370 e. The maximum atomic E-state index is 6.19. The minimum atomic E-state index is 0.459. The Kier molecular flexibility index (Phi) is 5.27. The van der Waals surface area contributed by atoms with Gasteiger partial charge in [-0.2, -0.15) is 0 Å². The summed E-state index contributed by atoms with van der Waals surface area (Å²) in [6.45, 7) is 1.93. The van der Waals surface area contributed by atoms with E-state index in [2.05, 4.69) is 53.0 Å². The molecule has 1 saturated heterocycles. The first-order valence-electron chi connectivity index (χ1n) is 9.63. The number of guanidine groups is 1. The summed E-state index contributed by atoms with van der Waals surface area (Å²) in [4.78, 5) is 8.61. The van der Waals surface area contributed by atoms with E-state index in [0.717, 1.165) is 18.8 Å². The van der Waals surface area contributed by atoms with Crippen LogP contribution in [-0.4, -0.2) is 31.0 Å². The molecule has 0 amide bonds. The van der Waals surface area contributed by atoms with Crippen molar-refractivity contribution in [2.75, 3.05) is 25.5 Å². The van der Waals surface area contributed by atoms with E-state index < -0.39 is 0 Å². The number of nitrogens with one attached hydrogen (secondary N) is 1. The van der Waals surface area contributed by atoms with Crippen LogP contribution in [0.2, 0.25) is 0 Å². The molecule has 1 fully saturated rings. The van der Waals surface area contributed by atoms with Crippen LogP contribution >= 0.6 is 11.3 Å². The zero-order valence-corrected chi connectivity index (χ0v) is 16.3. The monoisotopic (exact) mass is 368 g/mol. The lowest BCUT2D eigenvalue weighted by Crippen LogP contribution is -2.37. The summed E-state index contributed by atoms with van der Waals surface area (Å²) in [5.41, 5.74) is 10.2. The third-order valence-corrected chi connectivity index (χ3v) is 6.65. The first kappa shape index (κ1) is 17.6. The third kappa shape index (κ3) is 3.79. The molecule has 2 atom stereocenters. The zero-order valence-electron chi connectivity index (χ0n) is 15.4. The molecule has 4 rings (SSSR count). The highest BCUT2D eigenvalue weighted by Gasteiger charge is 2.31. The van der Waals surface area contributed by atoms with Crippen LogP contribution in [0.25, 0.3) is 0 Å². The van der Waals surface area contributed by atoms with E-state index in [1.165, 1.54) is 48.1 Å². The van der Waals surface area contributed by atoms with E-state index in [4.69, 9.17) is 10.7 Å².